The number of hydrogen-bond donors (Lipinski definition) is 4. The predicted octanol–water partition coefficient (Wildman–Crippen LogP) is 7.57. The molecule has 0 unspecified atom stereocenters. The van der Waals surface area contributed by atoms with Gasteiger partial charge in [-0.3, -0.25) is 0 Å². The minimum absolute atomic E-state index is 0.250. The molecule has 0 aliphatic heterocycles. The Labute approximate surface area is 230 Å². The normalized spacial score (nSPS) is 11.8. The van der Waals surface area contributed by atoms with Gasteiger partial charge in [-0.05, 0) is 50.4 Å². The van der Waals surface area contributed by atoms with E-state index >= 15 is 0 Å². The van der Waals surface area contributed by atoms with Crippen LogP contribution in [0.15, 0.2) is 0 Å². The Hall–Kier alpha value is -0.200. The molecule has 0 aromatic carbocycles. The van der Waals surface area contributed by atoms with Gasteiger partial charge in [0.2, 0.25) is 0 Å². The van der Waals surface area contributed by atoms with Crippen LogP contribution in [-0.2, 0) is 4.74 Å². The lowest BCUT2D eigenvalue weighted by Gasteiger charge is -2.13. The Kier molecular flexibility index (Phi) is 31.8. The minimum atomic E-state index is 0.250. The molecule has 0 aliphatic rings. The van der Waals surface area contributed by atoms with Crippen molar-refractivity contribution in [3.63, 3.8) is 0 Å². The fourth-order valence-corrected chi connectivity index (χ4v) is 5.45. The van der Waals surface area contributed by atoms with Gasteiger partial charge < -0.3 is 25.2 Å². The first-order valence-electron chi connectivity index (χ1n) is 16.3. The molecule has 0 aromatic heterocycles. The van der Waals surface area contributed by atoms with Crippen molar-refractivity contribution in [2.75, 3.05) is 39.6 Å². The topological polar surface area (TPSA) is 90.2 Å². The lowest BCUT2D eigenvalue weighted by molar-refractivity contribution is 0.125. The largest absolute Gasteiger partial charge is 0.396 e. The van der Waals surface area contributed by atoms with E-state index in [0.717, 1.165) is 51.7 Å². The van der Waals surface area contributed by atoms with Gasteiger partial charge in [0.1, 0.15) is 0 Å². The van der Waals surface area contributed by atoms with Crippen LogP contribution < -0.4 is 0 Å². The average molecular weight is 531 g/mol. The van der Waals surface area contributed by atoms with Crippen LogP contribution in [0, 0.1) is 11.8 Å². The van der Waals surface area contributed by atoms with Crippen LogP contribution in [0.2, 0.25) is 0 Å². The summed E-state index contributed by atoms with van der Waals surface area (Å²) < 4.78 is 5.82. The van der Waals surface area contributed by atoms with Gasteiger partial charge in [0.15, 0.2) is 0 Å². The number of aliphatic hydroxyl groups excluding tert-OH is 4. The smallest absolute Gasteiger partial charge is 0.0466 e. The number of aliphatic hydroxyl groups is 4. The molecule has 0 rings (SSSR count). The summed E-state index contributed by atoms with van der Waals surface area (Å²) in [6.07, 6.45) is 29.2. The Morgan fingerprint density at radius 2 is 0.541 bits per heavy atom. The Balaban J connectivity index is 3.19. The van der Waals surface area contributed by atoms with Gasteiger partial charge >= 0.3 is 0 Å². The molecule has 0 spiro atoms. The number of hydrogen-bond acceptors (Lipinski definition) is 5. The van der Waals surface area contributed by atoms with Crippen LogP contribution >= 0.6 is 0 Å². The minimum Gasteiger partial charge on any atom is -0.396 e. The molecule has 0 atom stereocenters. The van der Waals surface area contributed by atoms with Crippen LogP contribution in [-0.4, -0.2) is 60.1 Å². The van der Waals surface area contributed by atoms with E-state index in [0.29, 0.717) is 11.8 Å². The third kappa shape index (κ3) is 28.6. The summed E-state index contributed by atoms with van der Waals surface area (Å²) in [5.74, 6) is 1.01. The van der Waals surface area contributed by atoms with Gasteiger partial charge in [-0.15, -0.1) is 0 Å². The number of unbranched alkanes of at least 4 members (excludes halogenated alkanes) is 16. The van der Waals surface area contributed by atoms with Crippen LogP contribution in [0.4, 0.5) is 0 Å². The van der Waals surface area contributed by atoms with Crippen LogP contribution in [0.1, 0.15) is 154 Å². The van der Waals surface area contributed by atoms with Crippen molar-refractivity contribution in [1.29, 1.82) is 0 Å². The second-order valence-corrected chi connectivity index (χ2v) is 11.3. The second-order valence-electron chi connectivity index (χ2n) is 11.3. The maximum absolute atomic E-state index is 9.07. The van der Waals surface area contributed by atoms with E-state index in [1.807, 2.05) is 0 Å². The van der Waals surface area contributed by atoms with E-state index in [4.69, 9.17) is 25.2 Å². The molecule has 0 saturated carbocycles. The van der Waals surface area contributed by atoms with E-state index in [-0.39, 0.29) is 26.4 Å². The molecule has 0 saturated heterocycles. The summed E-state index contributed by atoms with van der Waals surface area (Å²) >= 11 is 0. The highest BCUT2D eigenvalue weighted by atomic mass is 16.5. The average Bonchev–Trinajstić information content (AvgIpc) is 2.89. The molecule has 0 heterocycles. The van der Waals surface area contributed by atoms with Gasteiger partial charge in [0.05, 0.1) is 0 Å². The zero-order valence-electron chi connectivity index (χ0n) is 24.6. The molecule has 5 heteroatoms. The first-order valence-corrected chi connectivity index (χ1v) is 16.3. The van der Waals surface area contributed by atoms with E-state index in [1.165, 1.54) is 116 Å². The summed E-state index contributed by atoms with van der Waals surface area (Å²) in [6.45, 7) is 2.86. The molecule has 37 heavy (non-hydrogen) atoms. The maximum atomic E-state index is 9.07. The summed E-state index contributed by atoms with van der Waals surface area (Å²) in [5, 5.41) is 36.3. The molecule has 0 aliphatic carbocycles. The lowest BCUT2D eigenvalue weighted by atomic mass is 9.94. The van der Waals surface area contributed by atoms with Crippen LogP contribution in [0.3, 0.4) is 0 Å². The van der Waals surface area contributed by atoms with E-state index in [2.05, 4.69) is 0 Å². The van der Waals surface area contributed by atoms with Crippen molar-refractivity contribution < 1.29 is 25.2 Å². The molecule has 0 bridgehead atoms. The number of rotatable bonds is 32. The first kappa shape index (κ1) is 36.8. The van der Waals surface area contributed by atoms with Gasteiger partial charge in [0, 0.05) is 39.6 Å². The highest BCUT2D eigenvalue weighted by Gasteiger charge is 2.08. The van der Waals surface area contributed by atoms with E-state index in [9.17, 15) is 0 Å². The van der Waals surface area contributed by atoms with Crippen LogP contribution in [0.25, 0.3) is 0 Å². The molecule has 0 radical (unpaired) electrons. The summed E-state index contributed by atoms with van der Waals surface area (Å²) in [6, 6.07) is 0. The first-order chi connectivity index (χ1) is 18.3. The van der Waals surface area contributed by atoms with Gasteiger partial charge in [-0.1, -0.05) is 116 Å². The van der Waals surface area contributed by atoms with Crippen LogP contribution in [0.5, 0.6) is 0 Å². The fourth-order valence-electron chi connectivity index (χ4n) is 5.45. The van der Waals surface area contributed by atoms with Gasteiger partial charge in [-0.2, -0.15) is 0 Å². The highest BCUT2D eigenvalue weighted by molar-refractivity contribution is 4.60. The molecule has 224 valence electrons. The molecule has 0 amide bonds. The molecular weight excluding hydrogens is 464 g/mol. The fraction of sp³-hybridized carbons (Fsp3) is 1.00. The Morgan fingerprint density at radius 3 is 0.811 bits per heavy atom. The van der Waals surface area contributed by atoms with Crippen molar-refractivity contribution in [3.05, 3.63) is 0 Å². The van der Waals surface area contributed by atoms with Crippen molar-refractivity contribution in [1.82, 2.24) is 0 Å². The molecule has 4 N–H and O–H groups in total. The van der Waals surface area contributed by atoms with Crippen molar-refractivity contribution in [3.8, 4) is 0 Å². The Morgan fingerprint density at radius 1 is 0.297 bits per heavy atom. The third-order valence-electron chi connectivity index (χ3n) is 7.95. The monoisotopic (exact) mass is 530 g/mol. The standard InChI is InChI=1S/C32H66O5/c33-25-21-31(22-26-34)19-15-11-7-3-1-5-9-13-17-29-37-30-18-14-10-6-2-4-8-12-16-20-32(23-27-35)24-28-36/h31-36H,1-30H2. The number of ether oxygens (including phenoxy) is 1. The predicted molar refractivity (Wildman–Crippen MR) is 157 cm³/mol. The highest BCUT2D eigenvalue weighted by Crippen LogP contribution is 2.19. The SMILES string of the molecule is OCCC(CCO)CCCCCCCCCCCOCCCCCCCCCCCC(CCO)CCO. The summed E-state index contributed by atoms with van der Waals surface area (Å²) in [4.78, 5) is 0. The van der Waals surface area contributed by atoms with Gasteiger partial charge in [-0.25, -0.2) is 0 Å². The second kappa shape index (κ2) is 32.0. The zero-order chi connectivity index (χ0) is 27.1. The van der Waals surface area contributed by atoms with Crippen molar-refractivity contribution in [2.24, 2.45) is 11.8 Å². The zero-order valence-corrected chi connectivity index (χ0v) is 24.6. The molecule has 0 fully saturated rings. The van der Waals surface area contributed by atoms with Crippen molar-refractivity contribution >= 4 is 0 Å². The quantitative estimate of drug-likeness (QED) is 0.0674. The van der Waals surface area contributed by atoms with Gasteiger partial charge in [0.25, 0.3) is 0 Å². The van der Waals surface area contributed by atoms with Crippen molar-refractivity contribution in [2.45, 2.75) is 154 Å². The molecule has 0 aromatic rings. The summed E-state index contributed by atoms with van der Waals surface area (Å²) in [5.41, 5.74) is 0. The Bertz CT molecular complexity index is 359. The molecular formula is C32H66O5. The van der Waals surface area contributed by atoms with E-state index in [1.54, 1.807) is 0 Å². The maximum Gasteiger partial charge on any atom is 0.0466 e. The summed E-state index contributed by atoms with van der Waals surface area (Å²) in [7, 11) is 0. The lowest BCUT2D eigenvalue weighted by Crippen LogP contribution is -2.05. The van der Waals surface area contributed by atoms with E-state index < -0.39 is 0 Å². The molecule has 5 nitrogen and oxygen atoms in total. The third-order valence-corrected chi connectivity index (χ3v) is 7.95.